The van der Waals surface area contributed by atoms with Crippen molar-refractivity contribution in [2.45, 2.75) is 51.8 Å². The minimum atomic E-state index is -0.126. The normalized spacial score (nSPS) is 15.5. The summed E-state index contributed by atoms with van der Waals surface area (Å²) in [5, 5.41) is 7.19. The second-order valence-corrected chi connectivity index (χ2v) is 9.19. The lowest BCUT2D eigenvalue weighted by Crippen LogP contribution is -2.24. The zero-order valence-corrected chi connectivity index (χ0v) is 19.3. The van der Waals surface area contributed by atoms with E-state index in [-0.39, 0.29) is 17.7 Å². The minimum absolute atomic E-state index is 0.0756. The van der Waals surface area contributed by atoms with Gasteiger partial charge in [-0.1, -0.05) is 6.07 Å². The molecule has 0 saturated heterocycles. The summed E-state index contributed by atoms with van der Waals surface area (Å²) in [5.74, 6) is 1.00. The summed E-state index contributed by atoms with van der Waals surface area (Å²) in [6, 6.07) is 9.98. The largest absolute Gasteiger partial charge is 0.474 e. The maximum absolute atomic E-state index is 13.3. The molecule has 6 rings (SSSR count). The highest BCUT2D eigenvalue weighted by atomic mass is 16.5. The number of nitrogens with one attached hydrogen (secondary N) is 2. The lowest BCUT2D eigenvalue weighted by atomic mass is 10.0. The molecule has 4 heterocycles. The molecule has 1 aliphatic heterocycles. The van der Waals surface area contributed by atoms with Crippen LogP contribution in [0, 0.1) is 0 Å². The summed E-state index contributed by atoms with van der Waals surface area (Å²) < 4.78 is 9.44. The monoisotopic (exact) mass is 457 g/mol. The van der Waals surface area contributed by atoms with Gasteiger partial charge in [-0.05, 0) is 69.0 Å². The van der Waals surface area contributed by atoms with Crippen LogP contribution in [0.5, 0.6) is 5.88 Å². The molecule has 1 fully saturated rings. The molecule has 174 valence electrons. The van der Waals surface area contributed by atoms with Crippen LogP contribution in [0.15, 0.2) is 47.5 Å². The van der Waals surface area contributed by atoms with Gasteiger partial charge in [0.1, 0.15) is 11.5 Å². The molecule has 0 spiro atoms. The van der Waals surface area contributed by atoms with Crippen LogP contribution >= 0.6 is 0 Å². The van der Waals surface area contributed by atoms with E-state index in [1.807, 2.05) is 36.7 Å². The fourth-order valence-corrected chi connectivity index (χ4v) is 4.41. The maximum atomic E-state index is 13.3. The van der Waals surface area contributed by atoms with Crippen LogP contribution in [-0.4, -0.2) is 37.0 Å². The number of rotatable bonds is 6. The fraction of sp³-hybridized carbons (Fsp3) is 0.360. The Labute approximate surface area is 196 Å². The number of nitrogens with zero attached hydrogens (tertiary/aromatic N) is 5. The van der Waals surface area contributed by atoms with Crippen LogP contribution in [0.2, 0.25) is 0 Å². The first-order valence-corrected chi connectivity index (χ1v) is 11.8. The highest BCUT2D eigenvalue weighted by Gasteiger charge is 2.25. The van der Waals surface area contributed by atoms with E-state index < -0.39 is 0 Å². The molecule has 4 aromatic rings. The first-order chi connectivity index (χ1) is 16.6. The zero-order chi connectivity index (χ0) is 23.2. The Kier molecular flexibility index (Phi) is 5.06. The van der Waals surface area contributed by atoms with Gasteiger partial charge < -0.3 is 15.4 Å². The lowest BCUT2D eigenvalue weighted by molar-refractivity contribution is 0.291. The molecule has 1 aromatic carbocycles. The van der Waals surface area contributed by atoms with Crippen molar-refractivity contribution in [2.75, 3.05) is 11.9 Å². The van der Waals surface area contributed by atoms with Crippen molar-refractivity contribution in [1.29, 1.82) is 0 Å². The number of fused-ring (bicyclic) bond motifs is 2. The summed E-state index contributed by atoms with van der Waals surface area (Å²) >= 11 is 0. The predicted octanol–water partition coefficient (Wildman–Crippen LogP) is 3.49. The summed E-state index contributed by atoms with van der Waals surface area (Å²) in [6.07, 6.45) is 6.65. The lowest BCUT2D eigenvalue weighted by Gasteiger charge is -2.18. The topological polar surface area (TPSA) is 98.9 Å². The van der Waals surface area contributed by atoms with E-state index in [1.165, 1.54) is 11.1 Å². The molecule has 0 radical (unpaired) electrons. The third kappa shape index (κ3) is 3.81. The molecule has 9 nitrogen and oxygen atoms in total. The molecule has 2 aliphatic rings. The fourth-order valence-electron chi connectivity index (χ4n) is 4.41. The number of ether oxygens (including phenoxy) is 1. The molecule has 0 bridgehead atoms. The van der Waals surface area contributed by atoms with E-state index in [1.54, 1.807) is 17.1 Å². The Hall–Kier alpha value is -3.72. The van der Waals surface area contributed by atoms with Gasteiger partial charge in [0.25, 0.3) is 5.56 Å². The van der Waals surface area contributed by atoms with Crippen LogP contribution in [0.3, 0.4) is 0 Å². The van der Waals surface area contributed by atoms with E-state index in [9.17, 15) is 4.79 Å². The number of pyridine rings is 1. The summed E-state index contributed by atoms with van der Waals surface area (Å²) in [7, 11) is 0. The van der Waals surface area contributed by atoms with Gasteiger partial charge in [0, 0.05) is 36.7 Å². The molecule has 0 atom stereocenters. The van der Waals surface area contributed by atoms with Crippen molar-refractivity contribution < 1.29 is 4.74 Å². The van der Waals surface area contributed by atoms with Gasteiger partial charge in [-0.15, -0.1) is 0 Å². The molecular formula is C25H27N7O2. The third-order valence-corrected chi connectivity index (χ3v) is 6.24. The third-order valence-electron chi connectivity index (χ3n) is 6.24. The minimum Gasteiger partial charge on any atom is -0.474 e. The van der Waals surface area contributed by atoms with Gasteiger partial charge in [-0.2, -0.15) is 4.98 Å². The summed E-state index contributed by atoms with van der Waals surface area (Å²) in [5.41, 5.74) is 4.77. The van der Waals surface area contributed by atoms with Gasteiger partial charge in [-0.3, -0.25) is 4.79 Å². The average Bonchev–Trinajstić information content (AvgIpc) is 3.60. The van der Waals surface area contributed by atoms with E-state index >= 15 is 0 Å². The molecule has 3 aromatic heterocycles. The summed E-state index contributed by atoms with van der Waals surface area (Å²) in [6.45, 7) is 5.83. The van der Waals surface area contributed by atoms with Gasteiger partial charge in [0.2, 0.25) is 11.8 Å². The van der Waals surface area contributed by atoms with E-state index in [4.69, 9.17) is 9.72 Å². The number of aromatic nitrogens is 5. The number of anilines is 2. The van der Waals surface area contributed by atoms with Crippen molar-refractivity contribution in [3.8, 4) is 11.6 Å². The highest BCUT2D eigenvalue weighted by molar-refractivity contribution is 5.77. The molecular weight excluding hydrogens is 430 g/mol. The first-order valence-electron chi connectivity index (χ1n) is 11.8. The van der Waals surface area contributed by atoms with Crippen molar-refractivity contribution in [1.82, 2.24) is 29.6 Å². The number of benzene rings is 1. The van der Waals surface area contributed by atoms with Crippen LogP contribution in [0.1, 0.15) is 43.9 Å². The second-order valence-electron chi connectivity index (χ2n) is 9.19. The first kappa shape index (κ1) is 20.9. The zero-order valence-electron chi connectivity index (χ0n) is 19.3. The molecule has 0 unspecified atom stereocenters. The molecule has 2 N–H and O–H groups in total. The van der Waals surface area contributed by atoms with Gasteiger partial charge in [-0.25, -0.2) is 19.3 Å². The van der Waals surface area contributed by atoms with Crippen LogP contribution in [-0.2, 0) is 13.0 Å². The van der Waals surface area contributed by atoms with E-state index in [0.29, 0.717) is 22.9 Å². The molecule has 9 heteroatoms. The maximum Gasteiger partial charge on any atom is 0.278 e. The Morgan fingerprint density at radius 3 is 2.85 bits per heavy atom. The number of hydrogen-bond donors (Lipinski definition) is 2. The van der Waals surface area contributed by atoms with Crippen LogP contribution in [0.4, 0.5) is 11.6 Å². The van der Waals surface area contributed by atoms with Crippen LogP contribution in [0.25, 0.3) is 16.7 Å². The van der Waals surface area contributed by atoms with Crippen molar-refractivity contribution >= 4 is 22.7 Å². The van der Waals surface area contributed by atoms with Gasteiger partial charge in [0.15, 0.2) is 5.65 Å². The SMILES string of the molecule is CC(C)n1c(=O)c2cnc(Nc3ccc4c(c3)CCNC4)nc2n1-c1ccnc(OC2CC2)c1. The van der Waals surface area contributed by atoms with Crippen LogP contribution < -0.4 is 20.9 Å². The smallest absolute Gasteiger partial charge is 0.278 e. The molecule has 34 heavy (non-hydrogen) atoms. The molecule has 1 aliphatic carbocycles. The van der Waals surface area contributed by atoms with E-state index in [2.05, 4.69) is 32.7 Å². The average molecular weight is 458 g/mol. The van der Waals surface area contributed by atoms with Gasteiger partial charge >= 0.3 is 0 Å². The Morgan fingerprint density at radius 2 is 2.03 bits per heavy atom. The van der Waals surface area contributed by atoms with Crippen molar-refractivity contribution in [3.05, 3.63) is 64.2 Å². The van der Waals surface area contributed by atoms with Crippen molar-refractivity contribution in [3.63, 3.8) is 0 Å². The Morgan fingerprint density at radius 1 is 1.15 bits per heavy atom. The Balaban J connectivity index is 1.43. The van der Waals surface area contributed by atoms with Crippen molar-refractivity contribution in [2.24, 2.45) is 0 Å². The Bertz CT molecular complexity index is 1440. The van der Waals surface area contributed by atoms with Gasteiger partial charge in [0.05, 0.1) is 5.69 Å². The van der Waals surface area contributed by atoms with E-state index in [0.717, 1.165) is 43.7 Å². The second kappa shape index (κ2) is 8.25. The predicted molar refractivity (Wildman–Crippen MR) is 130 cm³/mol. The molecule has 1 saturated carbocycles. The standard InChI is InChI=1S/C25H27N7O2/c1-15(2)31-24(33)21-14-28-25(29-18-4-3-17-13-26-9-7-16(17)11-18)30-23(21)32(31)19-8-10-27-22(12-19)34-20-5-6-20/h3-4,8,10-12,14-15,20,26H,5-7,9,13H2,1-2H3,(H,28,29,30). The summed E-state index contributed by atoms with van der Waals surface area (Å²) in [4.78, 5) is 26.8. The quantitative estimate of drug-likeness (QED) is 0.457. The molecule has 0 amide bonds. The highest BCUT2D eigenvalue weighted by Crippen LogP contribution is 2.28. The number of hydrogen-bond acceptors (Lipinski definition) is 7.